The summed E-state index contributed by atoms with van der Waals surface area (Å²) in [6.07, 6.45) is 1.62. The Labute approximate surface area is 100 Å². The Morgan fingerprint density at radius 3 is 3.06 bits per heavy atom. The van der Waals surface area contributed by atoms with Gasteiger partial charge in [0.25, 0.3) is 5.91 Å². The standard InChI is InChI=1S/C10H8N6O2/c11-9-8(15-18-16-9)10(17)13-6-2-1-3-7-5(6)4-12-14-7/h1-4H,(H2,11,16)(H,12,14)(H,13,17). The molecule has 0 atom stereocenters. The fraction of sp³-hybridized carbons (Fsp3) is 0. The Bertz CT molecular complexity index is 716. The van der Waals surface area contributed by atoms with Gasteiger partial charge in [-0.3, -0.25) is 9.89 Å². The number of nitrogens with zero attached hydrogens (tertiary/aromatic N) is 3. The van der Waals surface area contributed by atoms with Gasteiger partial charge in [-0.2, -0.15) is 5.10 Å². The predicted octanol–water partition coefficient (Wildman–Crippen LogP) is 0.780. The molecule has 8 heteroatoms. The Morgan fingerprint density at radius 1 is 1.39 bits per heavy atom. The number of amides is 1. The maximum atomic E-state index is 11.9. The third-order valence-corrected chi connectivity index (χ3v) is 2.46. The molecule has 2 heterocycles. The summed E-state index contributed by atoms with van der Waals surface area (Å²) in [6, 6.07) is 5.39. The molecule has 0 saturated heterocycles. The van der Waals surface area contributed by atoms with Crippen LogP contribution in [0.2, 0.25) is 0 Å². The first-order valence-electron chi connectivity index (χ1n) is 5.07. The molecule has 3 rings (SSSR count). The van der Waals surface area contributed by atoms with Crippen molar-refractivity contribution < 1.29 is 9.42 Å². The molecule has 0 radical (unpaired) electrons. The Hall–Kier alpha value is -2.90. The normalized spacial score (nSPS) is 10.7. The minimum atomic E-state index is -0.484. The zero-order valence-corrected chi connectivity index (χ0v) is 9.04. The number of hydrogen-bond donors (Lipinski definition) is 3. The van der Waals surface area contributed by atoms with Crippen LogP contribution in [0.1, 0.15) is 10.5 Å². The highest BCUT2D eigenvalue weighted by molar-refractivity contribution is 6.09. The average Bonchev–Trinajstić information content (AvgIpc) is 2.97. The summed E-state index contributed by atoms with van der Waals surface area (Å²) in [5.41, 5.74) is 6.82. The first-order chi connectivity index (χ1) is 8.75. The Balaban J connectivity index is 1.95. The van der Waals surface area contributed by atoms with Crippen LogP contribution >= 0.6 is 0 Å². The zero-order chi connectivity index (χ0) is 12.5. The van der Waals surface area contributed by atoms with Gasteiger partial charge in [-0.05, 0) is 22.4 Å². The van der Waals surface area contributed by atoms with E-state index in [1.165, 1.54) is 0 Å². The van der Waals surface area contributed by atoms with Gasteiger partial charge < -0.3 is 11.1 Å². The number of carbonyl (C=O) groups is 1. The van der Waals surface area contributed by atoms with E-state index in [4.69, 9.17) is 5.73 Å². The number of H-pyrrole nitrogens is 1. The third kappa shape index (κ3) is 1.56. The molecule has 0 unspecified atom stereocenters. The second-order valence-corrected chi connectivity index (χ2v) is 3.59. The van der Waals surface area contributed by atoms with Gasteiger partial charge in [0, 0.05) is 5.39 Å². The number of anilines is 2. The third-order valence-electron chi connectivity index (χ3n) is 2.46. The van der Waals surface area contributed by atoms with Crippen LogP contribution in [0.3, 0.4) is 0 Å². The van der Waals surface area contributed by atoms with Crippen molar-refractivity contribution in [1.29, 1.82) is 0 Å². The second kappa shape index (κ2) is 3.84. The number of nitrogens with two attached hydrogens (primary N) is 1. The number of aromatic nitrogens is 4. The van der Waals surface area contributed by atoms with E-state index in [1.54, 1.807) is 18.3 Å². The molecule has 0 aliphatic carbocycles. The summed E-state index contributed by atoms with van der Waals surface area (Å²) in [5, 5.41) is 17.0. The smallest absolute Gasteiger partial charge is 0.281 e. The van der Waals surface area contributed by atoms with Gasteiger partial charge >= 0.3 is 0 Å². The molecular weight excluding hydrogens is 236 g/mol. The Kier molecular flexibility index (Phi) is 2.19. The van der Waals surface area contributed by atoms with Gasteiger partial charge in [0.15, 0.2) is 0 Å². The van der Waals surface area contributed by atoms with Gasteiger partial charge in [0.2, 0.25) is 11.5 Å². The summed E-state index contributed by atoms with van der Waals surface area (Å²) in [7, 11) is 0. The van der Waals surface area contributed by atoms with E-state index in [-0.39, 0.29) is 11.5 Å². The molecule has 0 saturated carbocycles. The van der Waals surface area contributed by atoms with Crippen molar-refractivity contribution in [3.8, 4) is 0 Å². The number of rotatable bonds is 2. The summed E-state index contributed by atoms with van der Waals surface area (Å²) in [6.45, 7) is 0. The first-order valence-corrected chi connectivity index (χ1v) is 5.07. The molecule has 8 nitrogen and oxygen atoms in total. The molecule has 90 valence electrons. The number of aromatic amines is 1. The highest BCUT2D eigenvalue weighted by Gasteiger charge is 2.17. The molecule has 0 fully saturated rings. The number of carbonyl (C=O) groups excluding carboxylic acids is 1. The first kappa shape index (κ1) is 10.3. The number of fused-ring (bicyclic) bond motifs is 1. The molecule has 1 aromatic carbocycles. The fourth-order valence-electron chi connectivity index (χ4n) is 1.61. The number of hydrogen-bond acceptors (Lipinski definition) is 6. The summed E-state index contributed by atoms with van der Waals surface area (Å²) in [4.78, 5) is 11.9. The largest absolute Gasteiger partial charge is 0.379 e. The minimum Gasteiger partial charge on any atom is -0.379 e. The molecule has 1 amide bonds. The highest BCUT2D eigenvalue weighted by atomic mass is 16.6. The SMILES string of the molecule is Nc1nonc1C(=O)Nc1cccc2[nH]ncc12. The lowest BCUT2D eigenvalue weighted by Crippen LogP contribution is -2.14. The molecule has 4 N–H and O–H groups in total. The maximum Gasteiger partial charge on any atom is 0.281 e. The van der Waals surface area contributed by atoms with E-state index in [9.17, 15) is 4.79 Å². The lowest BCUT2D eigenvalue weighted by Gasteiger charge is -2.03. The van der Waals surface area contributed by atoms with E-state index in [0.29, 0.717) is 5.69 Å². The molecule has 3 aromatic rings. The summed E-state index contributed by atoms with van der Waals surface area (Å²) in [5.74, 6) is -0.533. The van der Waals surface area contributed by atoms with Gasteiger partial charge in [-0.25, -0.2) is 4.63 Å². The van der Waals surface area contributed by atoms with Crippen LogP contribution in [0.15, 0.2) is 29.0 Å². The van der Waals surface area contributed by atoms with E-state index < -0.39 is 5.91 Å². The summed E-state index contributed by atoms with van der Waals surface area (Å²) >= 11 is 0. The van der Waals surface area contributed by atoms with Crippen molar-refractivity contribution in [3.63, 3.8) is 0 Å². The molecule has 0 aliphatic rings. The quantitative estimate of drug-likeness (QED) is 0.612. The van der Waals surface area contributed by atoms with Crippen molar-refractivity contribution >= 4 is 28.3 Å². The molecular formula is C10H8N6O2. The molecule has 0 spiro atoms. The zero-order valence-electron chi connectivity index (χ0n) is 9.04. The molecule has 0 bridgehead atoms. The number of benzene rings is 1. The second-order valence-electron chi connectivity index (χ2n) is 3.59. The van der Waals surface area contributed by atoms with E-state index in [2.05, 4.69) is 30.5 Å². The number of nitrogen functional groups attached to an aromatic ring is 1. The highest BCUT2D eigenvalue weighted by Crippen LogP contribution is 2.21. The molecule has 18 heavy (non-hydrogen) atoms. The van der Waals surface area contributed by atoms with Crippen molar-refractivity contribution in [2.45, 2.75) is 0 Å². The van der Waals surface area contributed by atoms with Crippen LogP contribution in [-0.4, -0.2) is 26.4 Å². The van der Waals surface area contributed by atoms with Crippen LogP contribution in [0, 0.1) is 0 Å². The Morgan fingerprint density at radius 2 is 2.28 bits per heavy atom. The van der Waals surface area contributed by atoms with Gasteiger partial charge in [-0.15, -0.1) is 0 Å². The van der Waals surface area contributed by atoms with E-state index in [1.807, 2.05) is 6.07 Å². The van der Waals surface area contributed by atoms with Crippen LogP contribution in [-0.2, 0) is 0 Å². The van der Waals surface area contributed by atoms with Gasteiger partial charge in [0.05, 0.1) is 17.4 Å². The van der Waals surface area contributed by atoms with Gasteiger partial charge in [-0.1, -0.05) is 6.07 Å². The van der Waals surface area contributed by atoms with E-state index in [0.717, 1.165) is 10.9 Å². The topological polar surface area (TPSA) is 123 Å². The molecule has 0 aliphatic heterocycles. The summed E-state index contributed by atoms with van der Waals surface area (Å²) < 4.78 is 4.37. The maximum absolute atomic E-state index is 11.9. The lowest BCUT2D eigenvalue weighted by molar-refractivity contribution is 0.101. The van der Waals surface area contributed by atoms with Crippen molar-refractivity contribution in [1.82, 2.24) is 20.5 Å². The van der Waals surface area contributed by atoms with Crippen LogP contribution in [0.5, 0.6) is 0 Å². The predicted molar refractivity (Wildman–Crippen MR) is 62.8 cm³/mol. The number of nitrogens with one attached hydrogen (secondary N) is 2. The van der Waals surface area contributed by atoms with E-state index >= 15 is 0 Å². The van der Waals surface area contributed by atoms with Crippen LogP contribution < -0.4 is 11.1 Å². The van der Waals surface area contributed by atoms with Gasteiger partial charge in [0.1, 0.15) is 0 Å². The average molecular weight is 244 g/mol. The van der Waals surface area contributed by atoms with Crippen LogP contribution in [0.25, 0.3) is 10.9 Å². The minimum absolute atomic E-state index is 0.0458. The monoisotopic (exact) mass is 244 g/mol. The van der Waals surface area contributed by atoms with Crippen LogP contribution in [0.4, 0.5) is 11.5 Å². The lowest BCUT2D eigenvalue weighted by atomic mass is 10.2. The van der Waals surface area contributed by atoms with Crippen molar-refractivity contribution in [2.75, 3.05) is 11.1 Å². The van der Waals surface area contributed by atoms with Crippen molar-refractivity contribution in [3.05, 3.63) is 30.1 Å². The molecule has 2 aromatic heterocycles. The fourth-order valence-corrected chi connectivity index (χ4v) is 1.61. The van der Waals surface area contributed by atoms with Crippen molar-refractivity contribution in [2.24, 2.45) is 0 Å².